The van der Waals surface area contributed by atoms with Gasteiger partial charge in [0.1, 0.15) is 11.9 Å². The van der Waals surface area contributed by atoms with E-state index in [1.807, 2.05) is 6.92 Å². The van der Waals surface area contributed by atoms with Crippen LogP contribution in [-0.4, -0.2) is 36.4 Å². The predicted octanol–water partition coefficient (Wildman–Crippen LogP) is 1.70. The zero-order chi connectivity index (χ0) is 14.9. The zero-order valence-corrected chi connectivity index (χ0v) is 11.8. The largest absolute Gasteiger partial charge is 0.480 e. The maximum Gasteiger partial charge on any atom is 0.322 e. The molecule has 20 heavy (non-hydrogen) atoms. The number of nitrogens with zero attached hydrogens (tertiary/aromatic N) is 1. The minimum atomic E-state index is -3.91. The molecule has 0 aromatic heterocycles. The standard InChI is InChI=1S/C13H16FNO4S/c1-9-6-7-15(12(8-9)13(16)17)20(18,19)11-4-2-10(14)3-5-11/h2-5,9,12H,6-8H2,1H3,(H,16,17). The van der Waals surface area contributed by atoms with E-state index in [2.05, 4.69) is 0 Å². The minimum absolute atomic E-state index is 0.0836. The molecule has 5 nitrogen and oxygen atoms in total. The molecular formula is C13H16FNO4S. The maximum absolute atomic E-state index is 12.9. The van der Waals surface area contributed by atoms with Gasteiger partial charge in [-0.2, -0.15) is 4.31 Å². The zero-order valence-electron chi connectivity index (χ0n) is 11.0. The highest BCUT2D eigenvalue weighted by atomic mass is 32.2. The van der Waals surface area contributed by atoms with E-state index < -0.39 is 27.9 Å². The molecule has 1 heterocycles. The first-order chi connectivity index (χ1) is 9.32. The predicted molar refractivity (Wildman–Crippen MR) is 70.1 cm³/mol. The van der Waals surface area contributed by atoms with Crippen molar-refractivity contribution in [2.75, 3.05) is 6.54 Å². The van der Waals surface area contributed by atoms with Crippen LogP contribution in [0.25, 0.3) is 0 Å². The first kappa shape index (κ1) is 14.9. The Labute approximate surface area is 117 Å². The summed E-state index contributed by atoms with van der Waals surface area (Å²) in [6.45, 7) is 2.07. The summed E-state index contributed by atoms with van der Waals surface area (Å²) in [5.74, 6) is -1.52. The molecule has 2 atom stereocenters. The van der Waals surface area contributed by atoms with Crippen molar-refractivity contribution >= 4 is 16.0 Å². The molecule has 1 saturated heterocycles. The van der Waals surface area contributed by atoms with Crippen LogP contribution in [0, 0.1) is 11.7 Å². The van der Waals surface area contributed by atoms with E-state index in [1.54, 1.807) is 0 Å². The fraction of sp³-hybridized carbons (Fsp3) is 0.462. The van der Waals surface area contributed by atoms with Crippen molar-refractivity contribution in [3.05, 3.63) is 30.1 Å². The van der Waals surface area contributed by atoms with Gasteiger partial charge in [0, 0.05) is 6.54 Å². The van der Waals surface area contributed by atoms with Crippen molar-refractivity contribution in [2.24, 2.45) is 5.92 Å². The third-order valence-corrected chi connectivity index (χ3v) is 5.44. The molecule has 1 aromatic rings. The van der Waals surface area contributed by atoms with Crippen LogP contribution >= 0.6 is 0 Å². The highest BCUT2D eigenvalue weighted by molar-refractivity contribution is 7.89. The quantitative estimate of drug-likeness (QED) is 0.922. The van der Waals surface area contributed by atoms with Gasteiger partial charge in [-0.05, 0) is 43.0 Å². The topological polar surface area (TPSA) is 74.7 Å². The molecule has 2 rings (SSSR count). The lowest BCUT2D eigenvalue weighted by molar-refractivity contribution is -0.143. The van der Waals surface area contributed by atoms with E-state index >= 15 is 0 Å². The van der Waals surface area contributed by atoms with Crippen molar-refractivity contribution in [1.82, 2.24) is 4.31 Å². The molecule has 0 spiro atoms. The summed E-state index contributed by atoms with van der Waals surface area (Å²) in [5.41, 5.74) is 0. The third-order valence-electron chi connectivity index (χ3n) is 3.52. The van der Waals surface area contributed by atoms with E-state index in [9.17, 15) is 22.7 Å². The van der Waals surface area contributed by atoms with Crippen molar-refractivity contribution < 1.29 is 22.7 Å². The van der Waals surface area contributed by atoms with Crippen molar-refractivity contribution in [1.29, 1.82) is 0 Å². The summed E-state index contributed by atoms with van der Waals surface area (Å²) >= 11 is 0. The van der Waals surface area contributed by atoms with Crippen molar-refractivity contribution in [3.8, 4) is 0 Å². The Balaban J connectivity index is 2.36. The van der Waals surface area contributed by atoms with Gasteiger partial charge in [-0.3, -0.25) is 4.79 Å². The van der Waals surface area contributed by atoms with Crippen molar-refractivity contribution in [3.63, 3.8) is 0 Å². The van der Waals surface area contributed by atoms with Crippen LogP contribution in [-0.2, 0) is 14.8 Å². The van der Waals surface area contributed by atoms with Crippen LogP contribution in [0.4, 0.5) is 4.39 Å². The smallest absolute Gasteiger partial charge is 0.322 e. The summed E-state index contributed by atoms with van der Waals surface area (Å²) < 4.78 is 38.8. The molecule has 1 aliphatic heterocycles. The lowest BCUT2D eigenvalue weighted by atomic mass is 9.94. The van der Waals surface area contributed by atoms with Crippen LogP contribution in [0.2, 0.25) is 0 Å². The van der Waals surface area contributed by atoms with Gasteiger partial charge >= 0.3 is 5.97 Å². The first-order valence-electron chi connectivity index (χ1n) is 6.32. The van der Waals surface area contributed by atoms with Crippen LogP contribution in [0.3, 0.4) is 0 Å². The number of hydrogen-bond acceptors (Lipinski definition) is 3. The summed E-state index contributed by atoms with van der Waals surface area (Å²) in [5, 5.41) is 9.21. The molecule has 2 unspecified atom stereocenters. The number of carboxylic acids is 1. The van der Waals surface area contributed by atoms with Crippen LogP contribution in [0.15, 0.2) is 29.2 Å². The SMILES string of the molecule is CC1CCN(S(=O)(=O)c2ccc(F)cc2)C(C(=O)O)C1. The normalized spacial score (nSPS) is 24.5. The van der Waals surface area contributed by atoms with Gasteiger partial charge in [0.05, 0.1) is 4.90 Å². The molecule has 1 fully saturated rings. The second-order valence-electron chi connectivity index (χ2n) is 5.05. The highest BCUT2D eigenvalue weighted by Crippen LogP contribution is 2.28. The van der Waals surface area contributed by atoms with E-state index in [0.717, 1.165) is 28.6 Å². The van der Waals surface area contributed by atoms with E-state index in [0.29, 0.717) is 6.42 Å². The summed E-state index contributed by atoms with van der Waals surface area (Å²) in [6.07, 6.45) is 0.903. The van der Waals surface area contributed by atoms with Gasteiger partial charge in [-0.15, -0.1) is 0 Å². The van der Waals surface area contributed by atoms with Gasteiger partial charge in [-0.1, -0.05) is 6.92 Å². The molecular weight excluding hydrogens is 285 g/mol. The Kier molecular flexibility index (Phi) is 4.10. The van der Waals surface area contributed by atoms with E-state index in [-0.39, 0.29) is 23.8 Å². The Morgan fingerprint density at radius 3 is 2.50 bits per heavy atom. The fourth-order valence-corrected chi connectivity index (χ4v) is 3.98. The number of benzene rings is 1. The Morgan fingerprint density at radius 2 is 1.95 bits per heavy atom. The molecule has 0 amide bonds. The first-order valence-corrected chi connectivity index (χ1v) is 7.76. The summed E-state index contributed by atoms with van der Waals surface area (Å²) in [7, 11) is -3.91. The van der Waals surface area contributed by atoms with Gasteiger partial charge < -0.3 is 5.11 Å². The number of carbonyl (C=O) groups is 1. The van der Waals surface area contributed by atoms with E-state index in [4.69, 9.17) is 0 Å². The van der Waals surface area contributed by atoms with Crippen LogP contribution < -0.4 is 0 Å². The number of halogens is 1. The van der Waals surface area contributed by atoms with Crippen LogP contribution in [0.1, 0.15) is 19.8 Å². The molecule has 1 N–H and O–H groups in total. The molecule has 7 heteroatoms. The Morgan fingerprint density at radius 1 is 1.35 bits per heavy atom. The maximum atomic E-state index is 12.9. The van der Waals surface area contributed by atoms with Gasteiger partial charge in [0.25, 0.3) is 0 Å². The lowest BCUT2D eigenvalue weighted by Gasteiger charge is -2.34. The summed E-state index contributed by atoms with van der Waals surface area (Å²) in [4.78, 5) is 11.2. The average Bonchev–Trinajstić information content (AvgIpc) is 2.38. The van der Waals surface area contributed by atoms with Crippen molar-refractivity contribution in [2.45, 2.75) is 30.7 Å². The molecule has 0 saturated carbocycles. The van der Waals surface area contributed by atoms with Crippen LogP contribution in [0.5, 0.6) is 0 Å². The highest BCUT2D eigenvalue weighted by Gasteiger charge is 2.39. The second-order valence-corrected chi connectivity index (χ2v) is 6.94. The third kappa shape index (κ3) is 2.83. The molecule has 0 bridgehead atoms. The average molecular weight is 301 g/mol. The Bertz CT molecular complexity index is 599. The number of aliphatic carboxylic acids is 1. The number of hydrogen-bond donors (Lipinski definition) is 1. The number of carboxylic acid groups (broad SMARTS) is 1. The number of piperidine rings is 1. The molecule has 1 aliphatic rings. The second kappa shape index (κ2) is 5.49. The molecule has 0 aliphatic carbocycles. The van der Waals surface area contributed by atoms with E-state index in [1.165, 1.54) is 0 Å². The monoisotopic (exact) mass is 301 g/mol. The molecule has 110 valence electrons. The molecule has 0 radical (unpaired) electrons. The van der Waals surface area contributed by atoms with Gasteiger partial charge in [0.2, 0.25) is 10.0 Å². The number of rotatable bonds is 3. The van der Waals surface area contributed by atoms with Gasteiger partial charge in [-0.25, -0.2) is 12.8 Å². The van der Waals surface area contributed by atoms with Gasteiger partial charge in [0.15, 0.2) is 0 Å². The number of sulfonamides is 1. The fourth-order valence-electron chi connectivity index (χ4n) is 2.37. The molecule has 1 aromatic carbocycles. The Hall–Kier alpha value is -1.47. The minimum Gasteiger partial charge on any atom is -0.480 e. The summed E-state index contributed by atoms with van der Waals surface area (Å²) in [6, 6.07) is 3.35. The lowest BCUT2D eigenvalue weighted by Crippen LogP contribution is -2.49.